The van der Waals surface area contributed by atoms with Crippen LogP contribution in [0.2, 0.25) is 0 Å². The molecule has 3 saturated carbocycles. The van der Waals surface area contributed by atoms with Crippen molar-refractivity contribution in [3.05, 3.63) is 12.2 Å². The largest absolute Gasteiger partial charge is 0.100 e. The first-order valence-corrected chi connectivity index (χ1v) is 12.7. The predicted octanol–water partition coefficient (Wildman–Crippen LogP) is 8.95. The summed E-state index contributed by atoms with van der Waals surface area (Å²) < 4.78 is 0. The van der Waals surface area contributed by atoms with Crippen molar-refractivity contribution in [2.45, 2.75) is 123 Å². The summed E-state index contributed by atoms with van der Waals surface area (Å²) >= 11 is 0. The minimum atomic E-state index is 0.960. The second-order valence-corrected chi connectivity index (χ2v) is 11.2. The van der Waals surface area contributed by atoms with Crippen LogP contribution in [-0.4, -0.2) is 0 Å². The first kappa shape index (κ1) is 21.4. The van der Waals surface area contributed by atoms with Crippen LogP contribution in [0.4, 0.5) is 0 Å². The van der Waals surface area contributed by atoms with Gasteiger partial charge in [0.05, 0.1) is 0 Å². The maximum Gasteiger partial charge on any atom is -0.0297 e. The molecule has 0 heteroatoms. The molecule has 0 N–H and O–H groups in total. The van der Waals surface area contributed by atoms with E-state index in [0.29, 0.717) is 0 Å². The lowest BCUT2D eigenvalue weighted by Gasteiger charge is -2.33. The van der Waals surface area contributed by atoms with E-state index in [1.54, 1.807) is 44.9 Å². The van der Waals surface area contributed by atoms with E-state index in [4.69, 9.17) is 0 Å². The van der Waals surface area contributed by atoms with Crippen molar-refractivity contribution in [2.75, 3.05) is 0 Å². The van der Waals surface area contributed by atoms with Crippen LogP contribution < -0.4 is 0 Å². The van der Waals surface area contributed by atoms with E-state index in [-0.39, 0.29) is 0 Å². The number of hydrogen-bond acceptors (Lipinski definition) is 0. The molecular weight excluding hydrogens is 324 g/mol. The average Bonchev–Trinajstić information content (AvgIpc) is 2.67. The summed E-state index contributed by atoms with van der Waals surface area (Å²) in [5.41, 5.74) is 1.40. The number of rotatable bonds is 8. The first-order chi connectivity index (χ1) is 13.1. The van der Waals surface area contributed by atoms with Crippen molar-refractivity contribution in [2.24, 2.45) is 35.5 Å². The van der Waals surface area contributed by atoms with Crippen molar-refractivity contribution in [1.82, 2.24) is 0 Å². The van der Waals surface area contributed by atoms with Gasteiger partial charge in [-0.15, -0.1) is 6.58 Å². The van der Waals surface area contributed by atoms with E-state index in [9.17, 15) is 0 Å². The molecule has 0 aromatic carbocycles. The van der Waals surface area contributed by atoms with Crippen LogP contribution >= 0.6 is 0 Å². The lowest BCUT2D eigenvalue weighted by atomic mass is 9.73. The standard InChI is InChI=1S/C27H48/c1-21(2)20-27-18-16-26(17-19-27)15-14-25-12-10-24(11-13-25)9-8-23-6-4-22(3)5-7-23/h22-27H,1,4-20H2,2-3H3. The van der Waals surface area contributed by atoms with E-state index < -0.39 is 0 Å². The SMILES string of the molecule is C=C(C)CC1CCC(CCC2CCC(CCC3CCC(C)CC3)CC2)CC1. The highest BCUT2D eigenvalue weighted by Gasteiger charge is 2.26. The fraction of sp³-hybridized carbons (Fsp3) is 0.926. The van der Waals surface area contributed by atoms with Gasteiger partial charge in [-0.2, -0.15) is 0 Å². The first-order valence-electron chi connectivity index (χ1n) is 12.7. The van der Waals surface area contributed by atoms with Gasteiger partial charge in [0.2, 0.25) is 0 Å². The van der Waals surface area contributed by atoms with E-state index in [2.05, 4.69) is 20.4 Å². The maximum absolute atomic E-state index is 4.11. The van der Waals surface area contributed by atoms with Crippen LogP contribution in [0.15, 0.2) is 12.2 Å². The minimum Gasteiger partial charge on any atom is -0.100 e. The molecule has 3 aliphatic carbocycles. The molecule has 0 atom stereocenters. The zero-order valence-corrected chi connectivity index (χ0v) is 18.7. The van der Waals surface area contributed by atoms with Gasteiger partial charge >= 0.3 is 0 Å². The van der Waals surface area contributed by atoms with E-state index in [1.807, 2.05) is 0 Å². The molecule has 0 radical (unpaired) electrons. The van der Waals surface area contributed by atoms with Gasteiger partial charge in [-0.25, -0.2) is 0 Å². The van der Waals surface area contributed by atoms with E-state index in [0.717, 1.165) is 35.5 Å². The van der Waals surface area contributed by atoms with Gasteiger partial charge in [0.1, 0.15) is 0 Å². The third-order valence-electron chi connectivity index (χ3n) is 8.67. The summed E-state index contributed by atoms with van der Waals surface area (Å²) in [4.78, 5) is 0. The summed E-state index contributed by atoms with van der Waals surface area (Å²) in [6.07, 6.45) is 25.7. The molecule has 3 fully saturated rings. The molecule has 0 spiro atoms. The number of allylic oxidation sites excluding steroid dienone is 1. The van der Waals surface area contributed by atoms with Crippen molar-refractivity contribution in [3.8, 4) is 0 Å². The average molecular weight is 373 g/mol. The van der Waals surface area contributed by atoms with Gasteiger partial charge in [-0.3, -0.25) is 0 Å². The Morgan fingerprint density at radius 3 is 1.19 bits per heavy atom. The Hall–Kier alpha value is -0.260. The third kappa shape index (κ3) is 7.58. The highest BCUT2D eigenvalue weighted by atomic mass is 14.3. The summed E-state index contributed by atoms with van der Waals surface area (Å²) in [5, 5.41) is 0. The van der Waals surface area contributed by atoms with Crippen LogP contribution in [0.1, 0.15) is 123 Å². The molecule has 0 bridgehead atoms. The van der Waals surface area contributed by atoms with Gasteiger partial charge in [-0.1, -0.05) is 102 Å². The van der Waals surface area contributed by atoms with Crippen LogP contribution in [0.3, 0.4) is 0 Å². The third-order valence-corrected chi connectivity index (χ3v) is 8.67. The molecule has 0 aromatic rings. The van der Waals surface area contributed by atoms with Gasteiger partial charge < -0.3 is 0 Å². The Morgan fingerprint density at radius 2 is 0.852 bits per heavy atom. The van der Waals surface area contributed by atoms with Crippen molar-refractivity contribution >= 4 is 0 Å². The van der Waals surface area contributed by atoms with Crippen molar-refractivity contribution in [3.63, 3.8) is 0 Å². The Labute approximate surface area is 171 Å². The predicted molar refractivity (Wildman–Crippen MR) is 120 cm³/mol. The Bertz CT molecular complexity index is 411. The summed E-state index contributed by atoms with van der Waals surface area (Å²) in [5.74, 6) is 6.26. The molecular formula is C27H48. The van der Waals surface area contributed by atoms with Gasteiger partial charge in [0, 0.05) is 0 Å². The molecule has 3 aliphatic rings. The second kappa shape index (κ2) is 11.1. The normalized spacial score (nSPS) is 37.9. The van der Waals surface area contributed by atoms with Crippen molar-refractivity contribution < 1.29 is 0 Å². The van der Waals surface area contributed by atoms with Gasteiger partial charge in [-0.05, 0) is 61.7 Å². The van der Waals surface area contributed by atoms with E-state index in [1.165, 1.54) is 69.8 Å². The quantitative estimate of drug-likeness (QED) is 0.373. The topological polar surface area (TPSA) is 0 Å². The van der Waals surface area contributed by atoms with Crippen LogP contribution in [0, 0.1) is 35.5 Å². The van der Waals surface area contributed by atoms with Gasteiger partial charge in [0.25, 0.3) is 0 Å². The molecule has 0 aromatic heterocycles. The molecule has 156 valence electrons. The zero-order valence-electron chi connectivity index (χ0n) is 18.7. The molecule has 0 nitrogen and oxygen atoms in total. The van der Waals surface area contributed by atoms with Crippen LogP contribution in [-0.2, 0) is 0 Å². The molecule has 0 aliphatic heterocycles. The molecule has 0 heterocycles. The lowest BCUT2D eigenvalue weighted by molar-refractivity contribution is 0.199. The monoisotopic (exact) mass is 372 g/mol. The second-order valence-electron chi connectivity index (χ2n) is 11.2. The number of hydrogen-bond donors (Lipinski definition) is 0. The minimum absolute atomic E-state index is 0.960. The van der Waals surface area contributed by atoms with Crippen LogP contribution in [0.5, 0.6) is 0 Å². The molecule has 0 amide bonds. The zero-order chi connectivity index (χ0) is 19.1. The molecule has 27 heavy (non-hydrogen) atoms. The summed E-state index contributed by atoms with van der Waals surface area (Å²) in [7, 11) is 0. The smallest absolute Gasteiger partial charge is 0.0297 e. The Balaban J connectivity index is 1.23. The maximum atomic E-state index is 4.11. The highest BCUT2D eigenvalue weighted by molar-refractivity contribution is 4.91. The summed E-state index contributed by atoms with van der Waals surface area (Å²) in [6, 6.07) is 0. The molecule has 0 unspecified atom stereocenters. The molecule has 0 saturated heterocycles. The van der Waals surface area contributed by atoms with Gasteiger partial charge in [0.15, 0.2) is 0 Å². The Kier molecular flexibility index (Phi) is 8.79. The Morgan fingerprint density at radius 1 is 0.556 bits per heavy atom. The van der Waals surface area contributed by atoms with Crippen LogP contribution in [0.25, 0.3) is 0 Å². The summed E-state index contributed by atoms with van der Waals surface area (Å²) in [6.45, 7) is 8.77. The fourth-order valence-electron chi connectivity index (χ4n) is 6.59. The molecule has 3 rings (SSSR count). The lowest BCUT2D eigenvalue weighted by Crippen LogP contribution is -2.19. The van der Waals surface area contributed by atoms with Crippen molar-refractivity contribution in [1.29, 1.82) is 0 Å². The van der Waals surface area contributed by atoms with E-state index >= 15 is 0 Å². The highest BCUT2D eigenvalue weighted by Crippen LogP contribution is 2.40. The fourth-order valence-corrected chi connectivity index (χ4v) is 6.59.